The molecule has 0 atom stereocenters. The maximum atomic E-state index is 4.28. The molecule has 0 heterocycles. The molecule has 6 rings (SSSR count). The van der Waals surface area contributed by atoms with Crippen molar-refractivity contribution in [2.75, 3.05) is 0 Å². The van der Waals surface area contributed by atoms with Crippen LogP contribution in [0, 0.1) is 40.0 Å². The second-order valence-corrected chi connectivity index (χ2v) is 17.1. The van der Waals surface area contributed by atoms with Gasteiger partial charge in [-0.15, -0.1) is 13.2 Å². The Morgan fingerprint density at radius 3 is 1.61 bits per heavy atom. The molecular weight excluding hydrogens is 613 g/mol. The van der Waals surface area contributed by atoms with Crippen molar-refractivity contribution >= 4 is 33.1 Å². The van der Waals surface area contributed by atoms with E-state index >= 15 is 0 Å². The van der Waals surface area contributed by atoms with Crippen molar-refractivity contribution in [1.82, 2.24) is 0 Å². The van der Waals surface area contributed by atoms with Gasteiger partial charge in [0.1, 0.15) is 0 Å². The number of benzene rings is 4. The Labute approximate surface area is 310 Å². The molecule has 0 spiro atoms. The van der Waals surface area contributed by atoms with Gasteiger partial charge < -0.3 is 0 Å². The third-order valence-electron chi connectivity index (χ3n) is 12.6. The SMILES string of the molecule is C=CCc1cccc(C2=C3C(=C(c4c(C(C)C)c(CC)c(C)c(CC=C)c4C(C)C)C2(C)C)c2cc(C)c(C)c4c(C)c(C)cc3c24)c1C(C)C. The standard InChI is InChI=1S/C51H62/c1-17-21-35-23-20-24-38(41(35)27(4)5)49-46-39-25-30(10)32(12)44-33(13)31(11)26-40(45(39)44)47(46)50(51(49,15)16)48-42(28(6)7)36(19-3)34(14)37(22-18-2)43(48)29(8)9/h17-18,20,23-29H,1-2,19,21-22H2,3-16H3. The van der Waals surface area contributed by atoms with Crippen LogP contribution < -0.4 is 0 Å². The number of fused-ring (bicyclic) bond motifs is 3. The van der Waals surface area contributed by atoms with Gasteiger partial charge in [0, 0.05) is 5.41 Å². The molecule has 4 aromatic rings. The maximum absolute atomic E-state index is 4.28. The van der Waals surface area contributed by atoms with Gasteiger partial charge in [-0.3, -0.25) is 0 Å². The zero-order chi connectivity index (χ0) is 37.4. The molecule has 0 unspecified atom stereocenters. The zero-order valence-corrected chi connectivity index (χ0v) is 34.3. The average molecular weight is 675 g/mol. The lowest BCUT2D eigenvalue weighted by Gasteiger charge is -2.36. The molecule has 2 aliphatic carbocycles. The fourth-order valence-corrected chi connectivity index (χ4v) is 10.4. The molecule has 0 bridgehead atoms. The Balaban J connectivity index is 1.94. The summed E-state index contributed by atoms with van der Waals surface area (Å²) >= 11 is 0. The highest BCUT2D eigenvalue weighted by Crippen LogP contribution is 2.67. The molecular formula is C51H62. The van der Waals surface area contributed by atoms with Gasteiger partial charge in [-0.25, -0.2) is 0 Å². The minimum Gasteiger partial charge on any atom is -0.103 e. The van der Waals surface area contributed by atoms with E-state index in [1.807, 2.05) is 0 Å². The molecule has 0 radical (unpaired) electrons. The number of hydrogen-bond donors (Lipinski definition) is 0. The van der Waals surface area contributed by atoms with Crippen LogP contribution in [-0.2, 0) is 19.3 Å². The van der Waals surface area contributed by atoms with Crippen molar-refractivity contribution in [3.63, 3.8) is 0 Å². The summed E-state index contributed by atoms with van der Waals surface area (Å²) in [5.74, 6) is 1.13. The summed E-state index contributed by atoms with van der Waals surface area (Å²) in [4.78, 5) is 0. The first-order valence-electron chi connectivity index (χ1n) is 19.6. The van der Waals surface area contributed by atoms with Gasteiger partial charge in [0.15, 0.2) is 0 Å². The minimum atomic E-state index is -0.262. The molecule has 51 heavy (non-hydrogen) atoms. The summed E-state index contributed by atoms with van der Waals surface area (Å²) in [6.45, 7) is 42.1. The van der Waals surface area contributed by atoms with E-state index in [2.05, 4.69) is 153 Å². The Morgan fingerprint density at radius 1 is 0.608 bits per heavy atom. The zero-order valence-electron chi connectivity index (χ0n) is 34.3. The summed E-state index contributed by atoms with van der Waals surface area (Å²) in [6, 6.07) is 12.1. The monoisotopic (exact) mass is 674 g/mol. The van der Waals surface area contributed by atoms with Gasteiger partial charge in [-0.2, -0.15) is 0 Å². The van der Waals surface area contributed by atoms with Crippen molar-refractivity contribution in [2.45, 2.75) is 134 Å². The third-order valence-corrected chi connectivity index (χ3v) is 12.6. The Morgan fingerprint density at radius 2 is 1.12 bits per heavy atom. The van der Waals surface area contributed by atoms with Crippen LogP contribution in [0.2, 0.25) is 0 Å². The Hall–Kier alpha value is -3.90. The molecule has 0 amide bonds. The predicted molar refractivity (Wildman–Crippen MR) is 227 cm³/mol. The lowest BCUT2D eigenvalue weighted by atomic mass is 9.67. The highest BCUT2D eigenvalue weighted by molar-refractivity contribution is 6.38. The van der Waals surface area contributed by atoms with E-state index in [0.29, 0.717) is 17.8 Å². The van der Waals surface area contributed by atoms with Gasteiger partial charge in [0.2, 0.25) is 0 Å². The lowest BCUT2D eigenvalue weighted by molar-refractivity contribution is 0.671. The van der Waals surface area contributed by atoms with Crippen molar-refractivity contribution < 1.29 is 0 Å². The number of hydrogen-bond acceptors (Lipinski definition) is 0. The first-order valence-corrected chi connectivity index (χ1v) is 19.6. The fraction of sp³-hybridized carbons (Fsp3) is 0.412. The van der Waals surface area contributed by atoms with Crippen LogP contribution in [0.4, 0.5) is 0 Å². The first kappa shape index (κ1) is 36.9. The van der Waals surface area contributed by atoms with Crippen LogP contribution in [0.25, 0.3) is 33.1 Å². The highest BCUT2D eigenvalue weighted by atomic mass is 14.5. The van der Waals surface area contributed by atoms with Gasteiger partial charge >= 0.3 is 0 Å². The van der Waals surface area contributed by atoms with Crippen LogP contribution in [0.15, 0.2) is 55.6 Å². The Bertz CT molecular complexity index is 2190. The van der Waals surface area contributed by atoms with Gasteiger partial charge in [0.25, 0.3) is 0 Å². The van der Waals surface area contributed by atoms with E-state index in [0.717, 1.165) is 19.3 Å². The van der Waals surface area contributed by atoms with E-state index in [-0.39, 0.29) is 5.41 Å². The van der Waals surface area contributed by atoms with Crippen molar-refractivity contribution in [1.29, 1.82) is 0 Å². The second kappa shape index (κ2) is 13.3. The third kappa shape index (κ3) is 5.30. The largest absolute Gasteiger partial charge is 0.103 e. The molecule has 0 N–H and O–H groups in total. The topological polar surface area (TPSA) is 0 Å². The van der Waals surface area contributed by atoms with E-state index in [1.54, 1.807) is 5.56 Å². The molecule has 0 saturated carbocycles. The average Bonchev–Trinajstić information content (AvgIpc) is 3.47. The van der Waals surface area contributed by atoms with Crippen LogP contribution in [0.3, 0.4) is 0 Å². The molecule has 266 valence electrons. The predicted octanol–water partition coefficient (Wildman–Crippen LogP) is 14.6. The summed E-state index contributed by atoms with van der Waals surface area (Å²) in [5, 5.41) is 2.91. The van der Waals surface area contributed by atoms with Gasteiger partial charge in [-0.05, 0) is 188 Å². The van der Waals surface area contributed by atoms with Crippen molar-refractivity contribution in [3.8, 4) is 0 Å². The summed E-state index contributed by atoms with van der Waals surface area (Å²) in [7, 11) is 0. The molecule has 0 fully saturated rings. The smallest absolute Gasteiger partial charge is 0.0171 e. The lowest BCUT2D eigenvalue weighted by Crippen LogP contribution is -2.21. The highest BCUT2D eigenvalue weighted by Gasteiger charge is 2.48. The summed E-state index contributed by atoms with van der Waals surface area (Å²) in [5.41, 5.74) is 27.5. The molecule has 0 heteroatoms. The van der Waals surface area contributed by atoms with E-state index in [4.69, 9.17) is 0 Å². The van der Waals surface area contributed by atoms with E-state index in [9.17, 15) is 0 Å². The van der Waals surface area contributed by atoms with Crippen LogP contribution in [0.1, 0.15) is 164 Å². The van der Waals surface area contributed by atoms with E-state index < -0.39 is 0 Å². The molecule has 0 saturated heterocycles. The molecule has 0 aromatic heterocycles. The minimum absolute atomic E-state index is 0.262. The van der Waals surface area contributed by atoms with Crippen molar-refractivity contribution in [2.24, 2.45) is 5.41 Å². The van der Waals surface area contributed by atoms with E-state index in [1.165, 1.54) is 111 Å². The number of allylic oxidation sites excluding steroid dienone is 6. The normalized spacial score (nSPS) is 15.0. The van der Waals surface area contributed by atoms with Crippen LogP contribution >= 0.6 is 0 Å². The molecule has 0 aliphatic heterocycles. The molecule has 0 nitrogen and oxygen atoms in total. The van der Waals surface area contributed by atoms with Crippen LogP contribution in [-0.4, -0.2) is 0 Å². The molecule has 4 aromatic carbocycles. The fourth-order valence-electron chi connectivity index (χ4n) is 10.4. The number of aryl methyl sites for hydroxylation is 4. The summed E-state index contributed by atoms with van der Waals surface area (Å²) in [6.07, 6.45) is 7.00. The quantitative estimate of drug-likeness (QED) is 0.147. The first-order chi connectivity index (χ1) is 24.1. The Kier molecular flexibility index (Phi) is 9.59. The van der Waals surface area contributed by atoms with Gasteiger partial charge in [0.05, 0.1) is 0 Å². The number of rotatable bonds is 10. The van der Waals surface area contributed by atoms with Crippen molar-refractivity contribution in [3.05, 3.63) is 139 Å². The van der Waals surface area contributed by atoms with Gasteiger partial charge in [-0.1, -0.05) is 105 Å². The summed E-state index contributed by atoms with van der Waals surface area (Å²) < 4.78 is 0. The second-order valence-electron chi connectivity index (χ2n) is 17.1. The van der Waals surface area contributed by atoms with Crippen LogP contribution in [0.5, 0.6) is 0 Å². The molecule has 2 aliphatic rings. The maximum Gasteiger partial charge on any atom is 0.0171 e.